The lowest BCUT2D eigenvalue weighted by atomic mass is 10.2. The molecule has 0 aliphatic carbocycles. The van der Waals surface area contributed by atoms with E-state index in [0.717, 1.165) is 0 Å². The fourth-order valence-corrected chi connectivity index (χ4v) is 1.52. The van der Waals surface area contributed by atoms with E-state index < -0.39 is 5.91 Å². The first-order valence-corrected chi connectivity index (χ1v) is 5.71. The number of aromatic hydroxyl groups is 3. The number of hydrogen-bond acceptors (Lipinski definition) is 5. The normalized spacial score (nSPS) is 10.6. The van der Waals surface area contributed by atoms with Crippen LogP contribution in [-0.2, 0) is 0 Å². The van der Waals surface area contributed by atoms with Crippen LogP contribution in [0.1, 0.15) is 15.9 Å². The van der Waals surface area contributed by atoms with Crippen LogP contribution in [0.4, 0.5) is 0 Å². The van der Waals surface area contributed by atoms with Crippen molar-refractivity contribution in [3.63, 3.8) is 0 Å². The number of nitrogens with one attached hydrogen (secondary N) is 1. The first-order chi connectivity index (χ1) is 9.58. The third-order valence-electron chi connectivity index (χ3n) is 2.52. The molecule has 0 saturated heterocycles. The predicted octanol–water partition coefficient (Wildman–Crippen LogP) is 1.57. The Kier molecular flexibility index (Phi) is 3.85. The van der Waals surface area contributed by atoms with Crippen molar-refractivity contribution in [2.24, 2.45) is 5.10 Å². The van der Waals surface area contributed by atoms with Gasteiger partial charge in [0.05, 0.1) is 6.21 Å². The quantitative estimate of drug-likeness (QED) is 0.387. The van der Waals surface area contributed by atoms with E-state index in [2.05, 4.69) is 10.5 Å². The standard InChI is InChI=1S/C14H12N2O4/c17-11-5-1-3-9(7-11)14(20)16-15-8-10-4-2-6-12(18)13(10)19/h1-8,17-19H,(H,16,20)/b15-8+. The van der Waals surface area contributed by atoms with Crippen molar-refractivity contribution >= 4 is 12.1 Å². The molecular formula is C14H12N2O4. The molecule has 2 aromatic carbocycles. The SMILES string of the molecule is O=C(N/N=C/c1cccc(O)c1O)c1cccc(O)c1. The molecule has 0 spiro atoms. The lowest BCUT2D eigenvalue weighted by Crippen LogP contribution is -2.17. The number of nitrogens with zero attached hydrogens (tertiary/aromatic N) is 1. The molecule has 0 aliphatic heterocycles. The first-order valence-electron chi connectivity index (χ1n) is 5.71. The summed E-state index contributed by atoms with van der Waals surface area (Å²) in [4.78, 5) is 11.7. The minimum Gasteiger partial charge on any atom is -0.508 e. The molecule has 4 N–H and O–H groups in total. The summed E-state index contributed by atoms with van der Waals surface area (Å²) in [6.07, 6.45) is 1.20. The molecule has 20 heavy (non-hydrogen) atoms. The highest BCUT2D eigenvalue weighted by Crippen LogP contribution is 2.26. The second-order valence-electron chi connectivity index (χ2n) is 3.96. The Balaban J connectivity index is 2.07. The number of hydrazone groups is 1. The van der Waals surface area contributed by atoms with E-state index in [1.165, 1.54) is 48.7 Å². The van der Waals surface area contributed by atoms with Crippen LogP contribution in [0.3, 0.4) is 0 Å². The van der Waals surface area contributed by atoms with E-state index in [1.807, 2.05) is 0 Å². The van der Waals surface area contributed by atoms with Gasteiger partial charge in [0.2, 0.25) is 0 Å². The fourth-order valence-electron chi connectivity index (χ4n) is 1.52. The molecule has 0 aliphatic rings. The largest absolute Gasteiger partial charge is 0.508 e. The second-order valence-corrected chi connectivity index (χ2v) is 3.96. The molecule has 0 fully saturated rings. The number of hydrogen-bond donors (Lipinski definition) is 4. The molecule has 2 rings (SSSR count). The van der Waals surface area contributed by atoms with E-state index in [0.29, 0.717) is 0 Å². The van der Waals surface area contributed by atoms with Gasteiger partial charge in [-0.05, 0) is 30.3 Å². The number of carbonyl (C=O) groups is 1. The molecule has 0 saturated carbocycles. The molecule has 0 unspecified atom stereocenters. The molecule has 0 atom stereocenters. The van der Waals surface area contributed by atoms with E-state index in [1.54, 1.807) is 0 Å². The average molecular weight is 272 g/mol. The van der Waals surface area contributed by atoms with E-state index in [4.69, 9.17) is 0 Å². The topological polar surface area (TPSA) is 102 Å². The van der Waals surface area contributed by atoms with Crippen LogP contribution in [0.5, 0.6) is 17.2 Å². The molecule has 0 bridgehead atoms. The number of benzene rings is 2. The number of para-hydroxylation sites is 1. The van der Waals surface area contributed by atoms with E-state index >= 15 is 0 Å². The molecule has 0 radical (unpaired) electrons. The molecular weight excluding hydrogens is 260 g/mol. The highest BCUT2D eigenvalue weighted by Gasteiger charge is 2.05. The second kappa shape index (κ2) is 5.75. The van der Waals surface area contributed by atoms with Crippen molar-refractivity contribution in [1.29, 1.82) is 0 Å². The third kappa shape index (κ3) is 3.05. The van der Waals surface area contributed by atoms with Gasteiger partial charge in [0.25, 0.3) is 5.91 Å². The van der Waals surface area contributed by atoms with Crippen LogP contribution in [0.15, 0.2) is 47.6 Å². The highest BCUT2D eigenvalue weighted by atomic mass is 16.3. The summed E-state index contributed by atoms with van der Waals surface area (Å²) in [5, 5.41) is 31.7. The summed E-state index contributed by atoms with van der Waals surface area (Å²) < 4.78 is 0. The maximum Gasteiger partial charge on any atom is 0.271 e. The smallest absolute Gasteiger partial charge is 0.271 e. The molecule has 102 valence electrons. The zero-order valence-corrected chi connectivity index (χ0v) is 10.3. The van der Waals surface area contributed by atoms with Gasteiger partial charge in [-0.2, -0.15) is 5.10 Å². The van der Waals surface area contributed by atoms with Crippen LogP contribution in [0, 0.1) is 0 Å². The Bertz CT molecular complexity index is 668. The Morgan fingerprint density at radius 3 is 2.60 bits per heavy atom. The molecule has 0 aromatic heterocycles. The lowest BCUT2D eigenvalue weighted by Gasteiger charge is -2.02. The van der Waals surface area contributed by atoms with Gasteiger partial charge < -0.3 is 15.3 Å². The zero-order chi connectivity index (χ0) is 14.5. The van der Waals surface area contributed by atoms with Crippen molar-refractivity contribution in [1.82, 2.24) is 5.43 Å². The fraction of sp³-hybridized carbons (Fsp3) is 0. The van der Waals surface area contributed by atoms with Gasteiger partial charge in [0.1, 0.15) is 5.75 Å². The van der Waals surface area contributed by atoms with Crippen LogP contribution in [0.2, 0.25) is 0 Å². The first kappa shape index (κ1) is 13.4. The van der Waals surface area contributed by atoms with Gasteiger partial charge in [-0.3, -0.25) is 4.79 Å². The van der Waals surface area contributed by atoms with Crippen LogP contribution in [0.25, 0.3) is 0 Å². The number of phenols is 3. The van der Waals surface area contributed by atoms with Gasteiger partial charge >= 0.3 is 0 Å². The van der Waals surface area contributed by atoms with Crippen molar-refractivity contribution in [3.8, 4) is 17.2 Å². The third-order valence-corrected chi connectivity index (χ3v) is 2.52. The monoisotopic (exact) mass is 272 g/mol. The summed E-state index contributed by atoms with van der Waals surface area (Å²) >= 11 is 0. The average Bonchev–Trinajstić information content (AvgIpc) is 2.43. The van der Waals surface area contributed by atoms with Gasteiger partial charge in [0.15, 0.2) is 11.5 Å². The van der Waals surface area contributed by atoms with Gasteiger partial charge in [-0.1, -0.05) is 12.1 Å². The Labute approximate surface area is 114 Å². The molecule has 6 nitrogen and oxygen atoms in total. The van der Waals surface area contributed by atoms with Crippen molar-refractivity contribution in [2.75, 3.05) is 0 Å². The van der Waals surface area contributed by atoms with Crippen LogP contribution < -0.4 is 5.43 Å². The number of rotatable bonds is 3. The van der Waals surface area contributed by atoms with E-state index in [9.17, 15) is 20.1 Å². The zero-order valence-electron chi connectivity index (χ0n) is 10.3. The van der Waals surface area contributed by atoms with Crippen molar-refractivity contribution in [3.05, 3.63) is 53.6 Å². The minimum absolute atomic E-state index is 0.0211. The van der Waals surface area contributed by atoms with Gasteiger partial charge in [0, 0.05) is 11.1 Å². The van der Waals surface area contributed by atoms with Crippen molar-refractivity contribution < 1.29 is 20.1 Å². The summed E-state index contributed by atoms with van der Waals surface area (Å²) in [6.45, 7) is 0. The minimum atomic E-state index is -0.503. The molecule has 6 heteroatoms. The maximum atomic E-state index is 11.7. The van der Waals surface area contributed by atoms with Crippen molar-refractivity contribution in [2.45, 2.75) is 0 Å². The highest BCUT2D eigenvalue weighted by molar-refractivity contribution is 5.95. The summed E-state index contributed by atoms with van der Waals surface area (Å²) in [5.74, 6) is -1.11. The predicted molar refractivity (Wildman–Crippen MR) is 72.9 cm³/mol. The Morgan fingerprint density at radius 1 is 1.10 bits per heavy atom. The summed E-state index contributed by atoms with van der Waals surface area (Å²) in [7, 11) is 0. The summed E-state index contributed by atoms with van der Waals surface area (Å²) in [5.41, 5.74) is 2.77. The number of carbonyl (C=O) groups excluding carboxylic acids is 1. The number of amides is 1. The molecule has 2 aromatic rings. The van der Waals surface area contributed by atoms with Crippen LogP contribution >= 0.6 is 0 Å². The summed E-state index contributed by atoms with van der Waals surface area (Å²) in [6, 6.07) is 10.2. The van der Waals surface area contributed by atoms with Gasteiger partial charge in [-0.25, -0.2) is 5.43 Å². The Hall–Kier alpha value is -3.02. The van der Waals surface area contributed by atoms with E-state index in [-0.39, 0.29) is 28.4 Å². The van der Waals surface area contributed by atoms with Crippen LogP contribution in [-0.4, -0.2) is 27.4 Å². The maximum absolute atomic E-state index is 11.7. The molecule has 0 heterocycles. The van der Waals surface area contributed by atoms with Gasteiger partial charge in [-0.15, -0.1) is 0 Å². The Morgan fingerprint density at radius 2 is 1.85 bits per heavy atom. The number of phenolic OH excluding ortho intramolecular Hbond substituents is 3. The molecule has 1 amide bonds. The lowest BCUT2D eigenvalue weighted by molar-refractivity contribution is 0.0954.